The van der Waals surface area contributed by atoms with Gasteiger partial charge in [-0.15, -0.1) is 0 Å². The minimum atomic E-state index is -1.35. The predicted molar refractivity (Wildman–Crippen MR) is 51.2 cm³/mol. The maximum absolute atomic E-state index is 5.38. The number of hydrogen-bond acceptors (Lipinski definition) is 4. The molecule has 4 nitrogen and oxygen atoms in total. The summed E-state index contributed by atoms with van der Waals surface area (Å²) in [6.07, 6.45) is 1.39. The third-order valence-electron chi connectivity index (χ3n) is 1.96. The van der Waals surface area contributed by atoms with Gasteiger partial charge in [0.05, 0.1) is 13.2 Å². The first-order valence-corrected chi connectivity index (χ1v) is 6.37. The van der Waals surface area contributed by atoms with E-state index in [1.807, 2.05) is 0 Å². The van der Waals surface area contributed by atoms with Crippen molar-refractivity contribution in [2.45, 2.75) is 18.6 Å². The van der Waals surface area contributed by atoms with Gasteiger partial charge in [0.1, 0.15) is 6.10 Å². The molecule has 1 aliphatic heterocycles. The van der Waals surface area contributed by atoms with Crippen molar-refractivity contribution in [1.82, 2.24) is 0 Å². The lowest BCUT2D eigenvalue weighted by molar-refractivity contribution is 0.115. The van der Waals surface area contributed by atoms with E-state index in [-0.39, 0.29) is 0 Å². The molecular weight excluding hydrogens is 188 g/mol. The molecule has 0 amide bonds. The largest absolute Gasteiger partial charge is 0.400 e. The van der Waals surface area contributed by atoms with Gasteiger partial charge in [-0.05, 0) is 12.5 Å². The maximum atomic E-state index is 5.38. The lowest BCUT2D eigenvalue weighted by Crippen LogP contribution is -2.19. The van der Waals surface area contributed by atoms with Crippen molar-refractivity contribution in [2.75, 3.05) is 34.0 Å². The molecule has 1 fully saturated rings. The first-order chi connectivity index (χ1) is 6.36. The molecule has 1 rings (SSSR count). The van der Waals surface area contributed by atoms with E-state index in [1.165, 1.54) is 0 Å². The lowest BCUT2D eigenvalue weighted by atomic mass is 10.5. The third kappa shape index (κ3) is 5.38. The fourth-order valence-electron chi connectivity index (χ4n) is 1.06. The smallest absolute Gasteiger partial charge is 0.320 e. The molecule has 0 saturated carbocycles. The Hall–Kier alpha value is 0.0569. The second-order valence-corrected chi connectivity index (χ2v) is 5.45. The fourth-order valence-corrected chi connectivity index (χ4v) is 2.23. The van der Waals surface area contributed by atoms with Gasteiger partial charge in [0.15, 0.2) is 0 Å². The van der Waals surface area contributed by atoms with Crippen molar-refractivity contribution in [3.63, 3.8) is 0 Å². The number of rotatable bonds is 8. The summed E-state index contributed by atoms with van der Waals surface area (Å²) < 4.78 is 20.7. The fraction of sp³-hybridized carbons (Fsp3) is 1.00. The summed E-state index contributed by atoms with van der Waals surface area (Å²) in [4.78, 5) is 0. The summed E-state index contributed by atoms with van der Waals surface area (Å²) in [5.41, 5.74) is 0. The van der Waals surface area contributed by atoms with E-state index in [0.717, 1.165) is 32.3 Å². The predicted octanol–water partition coefficient (Wildman–Crippen LogP) is 0.305. The van der Waals surface area contributed by atoms with Crippen LogP contribution in [0.2, 0.25) is 6.04 Å². The van der Waals surface area contributed by atoms with E-state index in [4.69, 9.17) is 18.3 Å². The Morgan fingerprint density at radius 3 is 2.62 bits per heavy atom. The molecule has 0 aromatic rings. The van der Waals surface area contributed by atoms with Crippen LogP contribution in [0.4, 0.5) is 0 Å². The van der Waals surface area contributed by atoms with Crippen LogP contribution in [0.3, 0.4) is 0 Å². The monoisotopic (exact) mass is 206 g/mol. The van der Waals surface area contributed by atoms with Gasteiger partial charge in [-0.3, -0.25) is 0 Å². The molecule has 78 valence electrons. The van der Waals surface area contributed by atoms with Gasteiger partial charge in [0, 0.05) is 20.8 Å². The maximum Gasteiger partial charge on any atom is 0.320 e. The molecule has 1 heterocycles. The first-order valence-electron chi connectivity index (χ1n) is 4.61. The van der Waals surface area contributed by atoms with Gasteiger partial charge in [-0.25, -0.2) is 0 Å². The minimum Gasteiger partial charge on any atom is -0.400 e. The Morgan fingerprint density at radius 2 is 2.08 bits per heavy atom. The van der Waals surface area contributed by atoms with Gasteiger partial charge in [-0.1, -0.05) is 0 Å². The lowest BCUT2D eigenvalue weighted by Gasteiger charge is -2.10. The van der Waals surface area contributed by atoms with E-state index in [9.17, 15) is 0 Å². The van der Waals surface area contributed by atoms with Crippen molar-refractivity contribution >= 4 is 9.28 Å². The molecule has 0 radical (unpaired) electrons. The second-order valence-electron chi connectivity index (χ2n) is 3.07. The Morgan fingerprint density at radius 1 is 1.38 bits per heavy atom. The van der Waals surface area contributed by atoms with E-state index in [0.29, 0.717) is 6.10 Å². The summed E-state index contributed by atoms with van der Waals surface area (Å²) in [7, 11) is 2.06. The SMILES string of the molecule is CO[SiH](CCCOC[C@H]1CO1)OC. The van der Waals surface area contributed by atoms with Crippen LogP contribution in [0.5, 0.6) is 0 Å². The zero-order chi connectivity index (χ0) is 9.52. The van der Waals surface area contributed by atoms with Crippen molar-refractivity contribution in [3.05, 3.63) is 0 Å². The molecule has 1 aliphatic rings. The number of epoxide rings is 1. The molecule has 0 unspecified atom stereocenters. The van der Waals surface area contributed by atoms with E-state index in [2.05, 4.69) is 0 Å². The summed E-state index contributed by atoms with van der Waals surface area (Å²) in [5.74, 6) is 0. The first kappa shape index (κ1) is 11.1. The van der Waals surface area contributed by atoms with Crippen molar-refractivity contribution in [3.8, 4) is 0 Å². The minimum absolute atomic E-state index is 0.373. The molecule has 0 bridgehead atoms. The summed E-state index contributed by atoms with van der Waals surface area (Å²) in [6.45, 7) is 2.40. The zero-order valence-corrected chi connectivity index (χ0v) is 9.48. The Bertz CT molecular complexity index is 125. The quantitative estimate of drug-likeness (QED) is 0.325. The molecule has 0 N–H and O–H groups in total. The van der Waals surface area contributed by atoms with Crippen LogP contribution in [0.25, 0.3) is 0 Å². The Kier molecular flexibility index (Phi) is 5.57. The van der Waals surface area contributed by atoms with Crippen LogP contribution in [-0.4, -0.2) is 49.4 Å². The van der Waals surface area contributed by atoms with Crippen LogP contribution >= 0.6 is 0 Å². The van der Waals surface area contributed by atoms with E-state index < -0.39 is 9.28 Å². The molecule has 0 spiro atoms. The summed E-state index contributed by atoms with van der Waals surface area (Å²) in [6, 6.07) is 1.01. The van der Waals surface area contributed by atoms with E-state index >= 15 is 0 Å². The van der Waals surface area contributed by atoms with Crippen LogP contribution in [0.15, 0.2) is 0 Å². The second kappa shape index (κ2) is 6.50. The molecular formula is C8H18O4Si. The van der Waals surface area contributed by atoms with Crippen LogP contribution in [0.1, 0.15) is 6.42 Å². The summed E-state index contributed by atoms with van der Waals surface area (Å²) >= 11 is 0. The van der Waals surface area contributed by atoms with Gasteiger partial charge in [0.2, 0.25) is 0 Å². The molecule has 0 aromatic heterocycles. The molecule has 0 aliphatic carbocycles. The highest BCUT2D eigenvalue weighted by Crippen LogP contribution is 2.09. The normalized spacial score (nSPS) is 21.0. The van der Waals surface area contributed by atoms with Crippen LogP contribution < -0.4 is 0 Å². The average molecular weight is 206 g/mol. The molecule has 1 atom stereocenters. The Balaban J connectivity index is 1.81. The standard InChI is InChI=1S/C8H18O4Si/c1-9-13(10-2)5-3-4-11-6-8-7-12-8/h8,13H,3-7H2,1-2H3/t8-/m0/s1. The highest BCUT2D eigenvalue weighted by molar-refractivity contribution is 6.44. The topological polar surface area (TPSA) is 40.2 Å². The molecule has 1 saturated heterocycles. The van der Waals surface area contributed by atoms with Gasteiger partial charge in [-0.2, -0.15) is 0 Å². The highest BCUT2D eigenvalue weighted by atomic mass is 28.3. The molecule has 13 heavy (non-hydrogen) atoms. The summed E-state index contributed by atoms with van der Waals surface area (Å²) in [5, 5.41) is 0. The number of hydrogen-bond donors (Lipinski definition) is 0. The Labute approximate surface area is 81.0 Å². The van der Waals surface area contributed by atoms with Crippen LogP contribution in [-0.2, 0) is 18.3 Å². The van der Waals surface area contributed by atoms with Gasteiger partial charge < -0.3 is 18.3 Å². The van der Waals surface area contributed by atoms with Gasteiger partial charge >= 0.3 is 9.28 Å². The van der Waals surface area contributed by atoms with Gasteiger partial charge in [0.25, 0.3) is 0 Å². The van der Waals surface area contributed by atoms with E-state index in [1.54, 1.807) is 14.2 Å². The van der Waals surface area contributed by atoms with Crippen molar-refractivity contribution < 1.29 is 18.3 Å². The number of ether oxygens (including phenoxy) is 2. The molecule has 0 aromatic carbocycles. The highest BCUT2D eigenvalue weighted by Gasteiger charge is 2.22. The average Bonchev–Trinajstić information content (AvgIpc) is 2.95. The van der Waals surface area contributed by atoms with Crippen LogP contribution in [0, 0.1) is 0 Å². The molecule has 5 heteroatoms. The van der Waals surface area contributed by atoms with Crippen molar-refractivity contribution in [1.29, 1.82) is 0 Å². The zero-order valence-electron chi connectivity index (χ0n) is 8.32. The third-order valence-corrected chi connectivity index (χ3v) is 3.89. The van der Waals surface area contributed by atoms with Crippen molar-refractivity contribution in [2.24, 2.45) is 0 Å².